The van der Waals surface area contributed by atoms with Crippen molar-refractivity contribution in [3.8, 4) is 0 Å². The quantitative estimate of drug-likeness (QED) is 0.823. The fraction of sp³-hybridized carbons (Fsp3) is 0.467. The summed E-state index contributed by atoms with van der Waals surface area (Å²) < 4.78 is 7.07. The van der Waals surface area contributed by atoms with Crippen LogP contribution in [0.25, 0.3) is 0 Å². The molecule has 7 heteroatoms. The number of ether oxygens (including phenoxy) is 1. The maximum absolute atomic E-state index is 12.6. The van der Waals surface area contributed by atoms with Gasteiger partial charge in [0, 0.05) is 39.0 Å². The van der Waals surface area contributed by atoms with Crippen molar-refractivity contribution in [1.82, 2.24) is 24.9 Å². The molecular weight excluding hydrogens is 282 g/mol. The van der Waals surface area contributed by atoms with Crippen LogP contribution in [0, 0.1) is 0 Å². The van der Waals surface area contributed by atoms with E-state index in [9.17, 15) is 4.79 Å². The van der Waals surface area contributed by atoms with Crippen LogP contribution in [0.4, 0.5) is 0 Å². The molecule has 0 radical (unpaired) electrons. The summed E-state index contributed by atoms with van der Waals surface area (Å²) in [5, 5.41) is 8.29. The molecular formula is C15H19N5O2. The Balaban J connectivity index is 1.82. The second-order valence-corrected chi connectivity index (χ2v) is 5.35. The van der Waals surface area contributed by atoms with Crippen molar-refractivity contribution in [2.75, 3.05) is 20.3 Å². The number of pyridine rings is 1. The molecule has 1 aliphatic rings. The molecule has 3 rings (SSSR count). The predicted molar refractivity (Wildman–Crippen MR) is 79.0 cm³/mol. The van der Waals surface area contributed by atoms with E-state index in [1.54, 1.807) is 18.0 Å². The van der Waals surface area contributed by atoms with Crippen LogP contribution in [-0.4, -0.2) is 51.0 Å². The van der Waals surface area contributed by atoms with Crippen molar-refractivity contribution < 1.29 is 9.53 Å². The van der Waals surface area contributed by atoms with Crippen LogP contribution in [-0.2, 0) is 29.4 Å². The SMILES string of the molecule is COC[C@H]1c2nnn(C)c2CCN1C(=O)Cc1ccccn1. The molecule has 0 bridgehead atoms. The van der Waals surface area contributed by atoms with Gasteiger partial charge in [0.25, 0.3) is 0 Å². The molecule has 1 atom stereocenters. The lowest BCUT2D eigenvalue weighted by molar-refractivity contribution is -0.134. The Bertz CT molecular complexity index is 655. The van der Waals surface area contributed by atoms with Gasteiger partial charge in [0.2, 0.25) is 5.91 Å². The fourth-order valence-corrected chi connectivity index (χ4v) is 2.86. The van der Waals surface area contributed by atoms with Crippen LogP contribution < -0.4 is 0 Å². The van der Waals surface area contributed by atoms with Crippen molar-refractivity contribution in [2.45, 2.75) is 18.9 Å². The van der Waals surface area contributed by atoms with E-state index in [0.717, 1.165) is 23.5 Å². The van der Waals surface area contributed by atoms with Gasteiger partial charge >= 0.3 is 0 Å². The molecule has 0 N–H and O–H groups in total. The zero-order valence-electron chi connectivity index (χ0n) is 12.8. The van der Waals surface area contributed by atoms with Gasteiger partial charge in [0.15, 0.2) is 0 Å². The highest BCUT2D eigenvalue weighted by molar-refractivity contribution is 5.79. The van der Waals surface area contributed by atoms with Gasteiger partial charge in [-0.3, -0.25) is 14.5 Å². The molecule has 0 unspecified atom stereocenters. The highest BCUT2D eigenvalue weighted by Crippen LogP contribution is 2.28. The number of hydrogen-bond acceptors (Lipinski definition) is 5. The first-order valence-electron chi connectivity index (χ1n) is 7.27. The van der Waals surface area contributed by atoms with Gasteiger partial charge in [-0.05, 0) is 12.1 Å². The summed E-state index contributed by atoms with van der Waals surface area (Å²) in [5.74, 6) is 0.0389. The number of amides is 1. The van der Waals surface area contributed by atoms with Crippen LogP contribution in [0.15, 0.2) is 24.4 Å². The summed E-state index contributed by atoms with van der Waals surface area (Å²) in [5.41, 5.74) is 2.68. The lowest BCUT2D eigenvalue weighted by Crippen LogP contribution is -2.43. The van der Waals surface area contributed by atoms with Crippen LogP contribution in [0.2, 0.25) is 0 Å². The second-order valence-electron chi connectivity index (χ2n) is 5.35. The molecule has 0 spiro atoms. The van der Waals surface area contributed by atoms with Crippen molar-refractivity contribution in [3.63, 3.8) is 0 Å². The summed E-state index contributed by atoms with van der Waals surface area (Å²) in [4.78, 5) is 18.7. The van der Waals surface area contributed by atoms with Crippen LogP contribution >= 0.6 is 0 Å². The number of carbonyl (C=O) groups excluding carboxylic acids is 1. The lowest BCUT2D eigenvalue weighted by atomic mass is 10.0. The minimum atomic E-state index is -0.182. The summed E-state index contributed by atoms with van der Waals surface area (Å²) in [7, 11) is 3.51. The van der Waals surface area contributed by atoms with E-state index in [0.29, 0.717) is 13.2 Å². The van der Waals surface area contributed by atoms with Crippen molar-refractivity contribution in [3.05, 3.63) is 41.5 Å². The van der Waals surface area contributed by atoms with Crippen molar-refractivity contribution >= 4 is 5.91 Å². The van der Waals surface area contributed by atoms with Crippen LogP contribution in [0.5, 0.6) is 0 Å². The Hall–Kier alpha value is -2.28. The number of rotatable bonds is 4. The lowest BCUT2D eigenvalue weighted by Gasteiger charge is -2.34. The van der Waals surface area contributed by atoms with Crippen molar-refractivity contribution in [2.24, 2.45) is 7.05 Å². The first-order chi connectivity index (χ1) is 10.7. The Morgan fingerprint density at radius 3 is 3.05 bits per heavy atom. The Labute approximate surface area is 128 Å². The highest BCUT2D eigenvalue weighted by atomic mass is 16.5. The third-order valence-electron chi connectivity index (χ3n) is 3.96. The van der Waals surface area contributed by atoms with Crippen LogP contribution in [0.1, 0.15) is 23.1 Å². The average Bonchev–Trinajstić information content (AvgIpc) is 2.91. The third kappa shape index (κ3) is 2.71. The van der Waals surface area contributed by atoms with E-state index in [1.807, 2.05) is 30.1 Å². The first kappa shape index (κ1) is 14.6. The smallest absolute Gasteiger partial charge is 0.229 e. The van der Waals surface area contributed by atoms with Gasteiger partial charge in [-0.2, -0.15) is 0 Å². The van der Waals surface area contributed by atoms with E-state index in [2.05, 4.69) is 15.3 Å². The van der Waals surface area contributed by atoms with E-state index < -0.39 is 0 Å². The molecule has 22 heavy (non-hydrogen) atoms. The monoisotopic (exact) mass is 301 g/mol. The minimum Gasteiger partial charge on any atom is -0.382 e. The molecule has 7 nitrogen and oxygen atoms in total. The maximum atomic E-state index is 12.6. The molecule has 1 aliphatic heterocycles. The van der Waals surface area contributed by atoms with Crippen LogP contribution in [0.3, 0.4) is 0 Å². The number of hydrogen-bond donors (Lipinski definition) is 0. The summed E-state index contributed by atoms with van der Waals surface area (Å²) in [6, 6.07) is 5.41. The van der Waals surface area contributed by atoms with E-state index >= 15 is 0 Å². The topological polar surface area (TPSA) is 73.1 Å². The Morgan fingerprint density at radius 2 is 2.32 bits per heavy atom. The standard InChI is InChI=1S/C15H19N5O2/c1-19-12-6-8-20(13(10-22-2)15(12)17-18-19)14(21)9-11-5-3-4-7-16-11/h3-5,7,13H,6,8-10H2,1-2H3/t13-/m0/s1. The zero-order chi connectivity index (χ0) is 15.5. The molecule has 0 saturated heterocycles. The second kappa shape index (κ2) is 6.23. The maximum Gasteiger partial charge on any atom is 0.229 e. The van der Waals surface area contributed by atoms with Gasteiger partial charge in [-0.1, -0.05) is 11.3 Å². The molecule has 3 heterocycles. The molecule has 2 aromatic heterocycles. The molecule has 116 valence electrons. The van der Waals surface area contributed by atoms with E-state index in [1.165, 1.54) is 0 Å². The number of carbonyl (C=O) groups is 1. The Kier molecular flexibility index (Phi) is 4.15. The minimum absolute atomic E-state index is 0.0389. The summed E-state index contributed by atoms with van der Waals surface area (Å²) in [6.45, 7) is 1.06. The number of aryl methyl sites for hydroxylation is 1. The molecule has 1 amide bonds. The summed E-state index contributed by atoms with van der Waals surface area (Å²) >= 11 is 0. The molecule has 0 aromatic carbocycles. The number of methoxy groups -OCH3 is 1. The Morgan fingerprint density at radius 1 is 1.45 bits per heavy atom. The van der Waals surface area contributed by atoms with Gasteiger partial charge in [0.1, 0.15) is 11.7 Å². The fourth-order valence-electron chi connectivity index (χ4n) is 2.86. The van der Waals surface area contributed by atoms with Gasteiger partial charge < -0.3 is 9.64 Å². The first-order valence-corrected chi connectivity index (χ1v) is 7.27. The van der Waals surface area contributed by atoms with E-state index in [4.69, 9.17) is 4.74 Å². The molecule has 2 aromatic rings. The van der Waals surface area contributed by atoms with Gasteiger partial charge in [0.05, 0.1) is 18.7 Å². The molecule has 0 aliphatic carbocycles. The zero-order valence-corrected chi connectivity index (χ0v) is 12.8. The largest absolute Gasteiger partial charge is 0.382 e. The number of fused-ring (bicyclic) bond motifs is 1. The predicted octanol–water partition coefficient (Wildman–Crippen LogP) is 0.525. The number of aromatic nitrogens is 4. The average molecular weight is 301 g/mol. The number of nitrogens with zero attached hydrogens (tertiary/aromatic N) is 5. The third-order valence-corrected chi connectivity index (χ3v) is 3.96. The molecule has 0 saturated carbocycles. The van der Waals surface area contributed by atoms with E-state index in [-0.39, 0.29) is 18.4 Å². The van der Waals surface area contributed by atoms with Crippen molar-refractivity contribution in [1.29, 1.82) is 0 Å². The molecule has 0 fully saturated rings. The normalized spacial score (nSPS) is 17.4. The highest BCUT2D eigenvalue weighted by Gasteiger charge is 2.34. The van der Waals surface area contributed by atoms with Gasteiger partial charge in [-0.15, -0.1) is 5.10 Å². The van der Waals surface area contributed by atoms with Gasteiger partial charge in [-0.25, -0.2) is 0 Å². The summed E-state index contributed by atoms with van der Waals surface area (Å²) in [6.07, 6.45) is 2.75.